The maximum Gasteiger partial charge on any atom is 0.109 e. The van der Waals surface area contributed by atoms with Gasteiger partial charge in [-0.2, -0.15) is 0 Å². The molecule has 3 nitrogen and oxygen atoms in total. The highest BCUT2D eigenvalue weighted by atomic mass is 15.2. The van der Waals surface area contributed by atoms with Crippen LogP contribution in [0.1, 0.15) is 6.42 Å². The van der Waals surface area contributed by atoms with E-state index < -0.39 is 0 Å². The minimum Gasteiger partial charge on any atom is -0.304 e. The highest BCUT2D eigenvalue weighted by molar-refractivity contribution is 4.62. The fourth-order valence-corrected chi connectivity index (χ4v) is 0.676. The zero-order valence-corrected chi connectivity index (χ0v) is 4.28. The van der Waals surface area contributed by atoms with E-state index in [-0.39, 0.29) is 6.29 Å². The molecule has 3 heteroatoms. The standard InChI is InChI=1S/C4H11N3/c5-4-6-2-1-3-7-4/h4,6-7H,1-3,5H2. The third-order valence-electron chi connectivity index (χ3n) is 1.08. The summed E-state index contributed by atoms with van der Waals surface area (Å²) < 4.78 is 0. The molecule has 0 unspecified atom stereocenters. The molecule has 1 rings (SSSR count). The largest absolute Gasteiger partial charge is 0.304 e. The summed E-state index contributed by atoms with van der Waals surface area (Å²) in [6, 6.07) is 0. The Morgan fingerprint density at radius 2 is 1.86 bits per heavy atom. The van der Waals surface area contributed by atoms with Crippen molar-refractivity contribution in [1.82, 2.24) is 10.6 Å². The monoisotopic (exact) mass is 101 g/mol. The van der Waals surface area contributed by atoms with Crippen molar-refractivity contribution in [2.75, 3.05) is 13.1 Å². The first-order chi connectivity index (χ1) is 3.39. The first-order valence-corrected chi connectivity index (χ1v) is 2.62. The first kappa shape index (κ1) is 5.03. The Kier molecular flexibility index (Phi) is 1.62. The lowest BCUT2D eigenvalue weighted by atomic mass is 10.4. The molecule has 0 atom stereocenters. The van der Waals surface area contributed by atoms with Gasteiger partial charge < -0.3 is 5.73 Å². The van der Waals surface area contributed by atoms with Crippen LogP contribution in [0.25, 0.3) is 0 Å². The van der Waals surface area contributed by atoms with Gasteiger partial charge in [-0.15, -0.1) is 0 Å². The van der Waals surface area contributed by atoms with E-state index in [1.807, 2.05) is 0 Å². The van der Waals surface area contributed by atoms with Gasteiger partial charge in [0, 0.05) is 0 Å². The van der Waals surface area contributed by atoms with Crippen molar-refractivity contribution in [2.24, 2.45) is 5.73 Å². The van der Waals surface area contributed by atoms with Crippen molar-refractivity contribution in [3.8, 4) is 0 Å². The van der Waals surface area contributed by atoms with Crippen LogP contribution in [-0.4, -0.2) is 19.4 Å². The molecule has 1 heterocycles. The van der Waals surface area contributed by atoms with Gasteiger partial charge in [-0.1, -0.05) is 0 Å². The van der Waals surface area contributed by atoms with Crippen molar-refractivity contribution in [1.29, 1.82) is 0 Å². The van der Waals surface area contributed by atoms with E-state index in [9.17, 15) is 0 Å². The maximum absolute atomic E-state index is 5.41. The van der Waals surface area contributed by atoms with Gasteiger partial charge in [-0.05, 0) is 19.5 Å². The average molecular weight is 101 g/mol. The fourth-order valence-electron chi connectivity index (χ4n) is 0.676. The summed E-state index contributed by atoms with van der Waals surface area (Å²) in [5, 5.41) is 6.10. The van der Waals surface area contributed by atoms with Crippen LogP contribution in [0.15, 0.2) is 0 Å². The smallest absolute Gasteiger partial charge is 0.109 e. The third kappa shape index (κ3) is 1.43. The van der Waals surface area contributed by atoms with E-state index in [1.54, 1.807) is 0 Å². The van der Waals surface area contributed by atoms with E-state index in [0.29, 0.717) is 0 Å². The van der Waals surface area contributed by atoms with Gasteiger partial charge in [0.05, 0.1) is 0 Å². The summed E-state index contributed by atoms with van der Waals surface area (Å²) in [6.07, 6.45) is 1.22. The Balaban J connectivity index is 2.12. The summed E-state index contributed by atoms with van der Waals surface area (Å²) in [5.41, 5.74) is 5.41. The Morgan fingerprint density at radius 1 is 1.29 bits per heavy atom. The Hall–Kier alpha value is -0.120. The zero-order valence-electron chi connectivity index (χ0n) is 4.28. The molecule has 0 aromatic heterocycles. The SMILES string of the molecule is NC1NCCCN1. The molecule has 0 bridgehead atoms. The second kappa shape index (κ2) is 2.26. The second-order valence-corrected chi connectivity index (χ2v) is 1.74. The van der Waals surface area contributed by atoms with E-state index >= 15 is 0 Å². The number of rotatable bonds is 0. The fraction of sp³-hybridized carbons (Fsp3) is 1.00. The van der Waals surface area contributed by atoms with Gasteiger partial charge in [0.1, 0.15) is 6.29 Å². The highest BCUT2D eigenvalue weighted by Gasteiger charge is 2.02. The molecule has 1 aliphatic heterocycles. The van der Waals surface area contributed by atoms with Crippen molar-refractivity contribution in [3.63, 3.8) is 0 Å². The molecule has 0 spiro atoms. The van der Waals surface area contributed by atoms with E-state index in [4.69, 9.17) is 5.73 Å². The summed E-state index contributed by atoms with van der Waals surface area (Å²) in [4.78, 5) is 0. The van der Waals surface area contributed by atoms with Gasteiger partial charge in [-0.25, -0.2) is 0 Å². The molecule has 0 radical (unpaired) electrons. The topological polar surface area (TPSA) is 50.1 Å². The van der Waals surface area contributed by atoms with Crippen molar-refractivity contribution in [3.05, 3.63) is 0 Å². The van der Waals surface area contributed by atoms with E-state index in [2.05, 4.69) is 10.6 Å². The third-order valence-corrected chi connectivity index (χ3v) is 1.08. The first-order valence-electron chi connectivity index (χ1n) is 2.62. The van der Waals surface area contributed by atoms with Crippen LogP contribution < -0.4 is 16.4 Å². The van der Waals surface area contributed by atoms with Gasteiger partial charge in [0.2, 0.25) is 0 Å². The molecule has 7 heavy (non-hydrogen) atoms. The van der Waals surface area contributed by atoms with Crippen LogP contribution >= 0.6 is 0 Å². The van der Waals surface area contributed by atoms with Crippen LogP contribution in [0.3, 0.4) is 0 Å². The minimum absolute atomic E-state index is 0.0359. The molecule has 0 aliphatic carbocycles. The lowest BCUT2D eigenvalue weighted by Gasteiger charge is -2.20. The highest BCUT2D eigenvalue weighted by Crippen LogP contribution is 1.79. The molecule has 4 N–H and O–H groups in total. The lowest BCUT2D eigenvalue weighted by molar-refractivity contribution is 0.379. The molecular formula is C4H11N3. The molecule has 0 aromatic carbocycles. The lowest BCUT2D eigenvalue weighted by Crippen LogP contribution is -2.53. The molecule has 1 fully saturated rings. The maximum atomic E-state index is 5.41. The molecular weight excluding hydrogens is 90.1 g/mol. The van der Waals surface area contributed by atoms with Crippen molar-refractivity contribution >= 4 is 0 Å². The van der Waals surface area contributed by atoms with Crippen LogP contribution in [0.4, 0.5) is 0 Å². The number of nitrogens with two attached hydrogens (primary N) is 1. The molecule has 0 saturated carbocycles. The van der Waals surface area contributed by atoms with Crippen LogP contribution in [0, 0.1) is 0 Å². The predicted octanol–water partition coefficient (Wildman–Crippen LogP) is -1.19. The quantitative estimate of drug-likeness (QED) is 0.359. The normalized spacial score (nSPS) is 25.3. The number of nitrogens with one attached hydrogen (secondary N) is 2. The molecule has 0 aromatic rings. The average Bonchev–Trinajstić information content (AvgIpc) is 1.69. The Bertz CT molecular complexity index is 48.9. The Morgan fingerprint density at radius 3 is 2.14 bits per heavy atom. The van der Waals surface area contributed by atoms with Gasteiger partial charge in [0.25, 0.3) is 0 Å². The number of hydrogen-bond acceptors (Lipinski definition) is 3. The number of hydrogen-bond donors (Lipinski definition) is 3. The molecule has 0 amide bonds. The Labute approximate surface area is 43.3 Å². The second-order valence-electron chi connectivity index (χ2n) is 1.74. The summed E-state index contributed by atoms with van der Waals surface area (Å²) in [5.74, 6) is 0. The van der Waals surface area contributed by atoms with Crippen LogP contribution in [0.5, 0.6) is 0 Å². The van der Waals surface area contributed by atoms with Gasteiger partial charge in [0.15, 0.2) is 0 Å². The summed E-state index contributed by atoms with van der Waals surface area (Å²) in [6.45, 7) is 2.10. The van der Waals surface area contributed by atoms with Crippen molar-refractivity contribution in [2.45, 2.75) is 12.7 Å². The van der Waals surface area contributed by atoms with Crippen LogP contribution in [-0.2, 0) is 0 Å². The molecule has 1 aliphatic rings. The summed E-state index contributed by atoms with van der Waals surface area (Å²) in [7, 11) is 0. The van der Waals surface area contributed by atoms with E-state index in [1.165, 1.54) is 6.42 Å². The minimum atomic E-state index is 0.0359. The van der Waals surface area contributed by atoms with E-state index in [0.717, 1.165) is 13.1 Å². The zero-order chi connectivity index (χ0) is 5.11. The van der Waals surface area contributed by atoms with Gasteiger partial charge in [-0.3, -0.25) is 10.6 Å². The summed E-state index contributed by atoms with van der Waals surface area (Å²) >= 11 is 0. The molecule has 42 valence electrons. The van der Waals surface area contributed by atoms with Crippen LogP contribution in [0.2, 0.25) is 0 Å². The molecule has 1 saturated heterocycles. The van der Waals surface area contributed by atoms with Gasteiger partial charge >= 0.3 is 0 Å². The predicted molar refractivity (Wildman–Crippen MR) is 28.6 cm³/mol. The van der Waals surface area contributed by atoms with Crippen molar-refractivity contribution < 1.29 is 0 Å².